The third-order valence-electron chi connectivity index (χ3n) is 6.08. The number of carbonyl (C=O) groups excluding carboxylic acids is 1. The second kappa shape index (κ2) is 4.44. The van der Waals surface area contributed by atoms with E-state index in [4.69, 9.17) is 10.5 Å². The number of fused-ring (bicyclic) bond motifs is 1. The minimum atomic E-state index is -0.740. The highest BCUT2D eigenvalue weighted by molar-refractivity contribution is 5.90. The van der Waals surface area contributed by atoms with Gasteiger partial charge in [-0.1, -0.05) is 20.8 Å². The zero-order valence-electron chi connectivity index (χ0n) is 13.2. The standard InChI is InChI=1S/C16H28N2O2/c1-10-8-11(2)18(9-10)14(19)16(17)12-6-5-7-20-13(12)15(16,3)4/h10-13H,5-9,17H2,1-4H3. The summed E-state index contributed by atoms with van der Waals surface area (Å²) in [5, 5.41) is 0. The van der Waals surface area contributed by atoms with Gasteiger partial charge in [-0.05, 0) is 32.1 Å². The van der Waals surface area contributed by atoms with Crippen LogP contribution in [0.25, 0.3) is 0 Å². The van der Waals surface area contributed by atoms with Gasteiger partial charge in [0.15, 0.2) is 0 Å². The largest absolute Gasteiger partial charge is 0.377 e. The summed E-state index contributed by atoms with van der Waals surface area (Å²) in [4.78, 5) is 15.1. The predicted molar refractivity (Wildman–Crippen MR) is 78.1 cm³/mol. The van der Waals surface area contributed by atoms with Gasteiger partial charge in [-0.3, -0.25) is 4.79 Å². The van der Waals surface area contributed by atoms with Crippen LogP contribution in [0.5, 0.6) is 0 Å². The van der Waals surface area contributed by atoms with Crippen molar-refractivity contribution in [2.24, 2.45) is 23.0 Å². The first-order valence-corrected chi connectivity index (χ1v) is 8.01. The number of nitrogens with zero attached hydrogens (tertiary/aromatic N) is 1. The first-order valence-electron chi connectivity index (χ1n) is 8.01. The van der Waals surface area contributed by atoms with Crippen LogP contribution in [-0.4, -0.2) is 41.6 Å². The summed E-state index contributed by atoms with van der Waals surface area (Å²) >= 11 is 0. The van der Waals surface area contributed by atoms with Crippen molar-refractivity contribution in [1.82, 2.24) is 4.90 Å². The fourth-order valence-corrected chi connectivity index (χ4v) is 4.83. The maximum absolute atomic E-state index is 13.1. The molecule has 3 rings (SSSR count). The first-order chi connectivity index (χ1) is 9.30. The van der Waals surface area contributed by atoms with Crippen LogP contribution in [-0.2, 0) is 9.53 Å². The van der Waals surface area contributed by atoms with Gasteiger partial charge in [-0.25, -0.2) is 0 Å². The maximum atomic E-state index is 13.1. The third kappa shape index (κ3) is 1.64. The number of hydrogen-bond donors (Lipinski definition) is 1. The molecule has 3 aliphatic rings. The summed E-state index contributed by atoms with van der Waals surface area (Å²) in [7, 11) is 0. The zero-order valence-corrected chi connectivity index (χ0v) is 13.2. The number of nitrogens with two attached hydrogens (primary N) is 1. The Morgan fingerprint density at radius 1 is 1.35 bits per heavy atom. The van der Waals surface area contributed by atoms with Crippen molar-refractivity contribution >= 4 is 5.91 Å². The molecule has 5 atom stereocenters. The second-order valence-corrected chi connectivity index (χ2v) is 7.78. The summed E-state index contributed by atoms with van der Waals surface area (Å²) < 4.78 is 5.90. The van der Waals surface area contributed by atoms with E-state index < -0.39 is 5.54 Å². The minimum Gasteiger partial charge on any atom is -0.377 e. The van der Waals surface area contributed by atoms with Gasteiger partial charge in [0, 0.05) is 30.5 Å². The van der Waals surface area contributed by atoms with Crippen LogP contribution < -0.4 is 5.73 Å². The van der Waals surface area contributed by atoms with Crippen LogP contribution in [0, 0.1) is 17.3 Å². The Morgan fingerprint density at radius 3 is 2.65 bits per heavy atom. The van der Waals surface area contributed by atoms with Crippen LogP contribution in [0.1, 0.15) is 47.0 Å². The molecule has 2 N–H and O–H groups in total. The monoisotopic (exact) mass is 280 g/mol. The molecule has 1 amide bonds. The Morgan fingerprint density at radius 2 is 2.05 bits per heavy atom. The average molecular weight is 280 g/mol. The van der Waals surface area contributed by atoms with Crippen LogP contribution in [0.2, 0.25) is 0 Å². The molecule has 0 bridgehead atoms. The quantitative estimate of drug-likeness (QED) is 0.796. The van der Waals surface area contributed by atoms with E-state index >= 15 is 0 Å². The molecule has 1 aliphatic carbocycles. The van der Waals surface area contributed by atoms with Gasteiger partial charge in [0.25, 0.3) is 0 Å². The van der Waals surface area contributed by atoms with Gasteiger partial charge >= 0.3 is 0 Å². The molecule has 114 valence electrons. The molecule has 2 aliphatic heterocycles. The van der Waals surface area contributed by atoms with Crippen LogP contribution in [0.15, 0.2) is 0 Å². The molecule has 0 aromatic rings. The maximum Gasteiger partial charge on any atom is 0.243 e. The van der Waals surface area contributed by atoms with Gasteiger partial charge in [-0.15, -0.1) is 0 Å². The van der Waals surface area contributed by atoms with E-state index in [1.54, 1.807) is 0 Å². The predicted octanol–water partition coefficient (Wildman–Crippen LogP) is 1.78. The molecular formula is C16H28N2O2. The number of rotatable bonds is 1. The van der Waals surface area contributed by atoms with Crippen LogP contribution in [0.3, 0.4) is 0 Å². The lowest BCUT2D eigenvalue weighted by molar-refractivity contribution is -0.230. The van der Waals surface area contributed by atoms with E-state index in [0.29, 0.717) is 12.0 Å². The highest BCUT2D eigenvalue weighted by Crippen LogP contribution is 2.58. The summed E-state index contributed by atoms with van der Waals surface area (Å²) in [6.07, 6.45) is 3.29. The Balaban J connectivity index is 1.86. The van der Waals surface area contributed by atoms with E-state index in [0.717, 1.165) is 32.4 Å². The van der Waals surface area contributed by atoms with E-state index in [-0.39, 0.29) is 23.3 Å². The number of amides is 1. The molecule has 4 heteroatoms. The molecule has 4 nitrogen and oxygen atoms in total. The van der Waals surface area contributed by atoms with Crippen LogP contribution in [0.4, 0.5) is 0 Å². The topological polar surface area (TPSA) is 55.6 Å². The fourth-order valence-electron chi connectivity index (χ4n) is 4.83. The van der Waals surface area contributed by atoms with Gasteiger partial charge < -0.3 is 15.4 Å². The number of ether oxygens (including phenoxy) is 1. The molecule has 0 radical (unpaired) electrons. The third-order valence-corrected chi connectivity index (χ3v) is 6.08. The van der Waals surface area contributed by atoms with E-state index in [1.165, 1.54) is 0 Å². The lowest BCUT2D eigenvalue weighted by Gasteiger charge is -2.65. The van der Waals surface area contributed by atoms with Crippen molar-refractivity contribution in [1.29, 1.82) is 0 Å². The highest BCUT2D eigenvalue weighted by Gasteiger charge is 2.71. The summed E-state index contributed by atoms with van der Waals surface area (Å²) in [5.41, 5.74) is 5.69. The summed E-state index contributed by atoms with van der Waals surface area (Å²) in [6, 6.07) is 0.317. The van der Waals surface area contributed by atoms with E-state index in [1.807, 2.05) is 4.90 Å². The van der Waals surface area contributed by atoms with Gasteiger partial charge in [-0.2, -0.15) is 0 Å². The minimum absolute atomic E-state index is 0.153. The van der Waals surface area contributed by atoms with Gasteiger partial charge in [0.05, 0.1) is 6.10 Å². The first kappa shape index (κ1) is 14.3. The molecule has 0 aromatic carbocycles. The van der Waals surface area contributed by atoms with Crippen molar-refractivity contribution in [3.63, 3.8) is 0 Å². The van der Waals surface area contributed by atoms with Crippen molar-refractivity contribution in [2.45, 2.75) is 64.6 Å². The normalized spacial score (nSPS) is 46.8. The van der Waals surface area contributed by atoms with E-state index in [9.17, 15) is 4.79 Å². The molecule has 1 saturated carbocycles. The summed E-state index contributed by atoms with van der Waals surface area (Å²) in [6.45, 7) is 10.2. The van der Waals surface area contributed by atoms with Crippen molar-refractivity contribution in [3.05, 3.63) is 0 Å². The second-order valence-electron chi connectivity index (χ2n) is 7.78. The molecule has 2 saturated heterocycles. The Kier molecular flexibility index (Phi) is 3.18. The molecule has 3 fully saturated rings. The average Bonchev–Trinajstić information content (AvgIpc) is 2.76. The lowest BCUT2D eigenvalue weighted by atomic mass is 9.46. The Labute approximate surface area is 122 Å². The lowest BCUT2D eigenvalue weighted by Crippen LogP contribution is -2.82. The molecule has 5 unspecified atom stereocenters. The molecule has 20 heavy (non-hydrogen) atoms. The van der Waals surface area contributed by atoms with Gasteiger partial charge in [0.2, 0.25) is 5.91 Å². The smallest absolute Gasteiger partial charge is 0.243 e. The van der Waals surface area contributed by atoms with Crippen molar-refractivity contribution in [2.75, 3.05) is 13.2 Å². The number of carbonyl (C=O) groups is 1. The number of likely N-dealkylation sites (tertiary alicyclic amines) is 1. The summed E-state index contributed by atoms with van der Waals surface area (Å²) in [5.74, 6) is 0.937. The zero-order chi connectivity index (χ0) is 14.7. The molecule has 0 spiro atoms. The fraction of sp³-hybridized carbons (Fsp3) is 0.938. The Bertz CT molecular complexity index is 423. The van der Waals surface area contributed by atoms with Crippen molar-refractivity contribution in [3.8, 4) is 0 Å². The van der Waals surface area contributed by atoms with Gasteiger partial charge in [0.1, 0.15) is 5.54 Å². The SMILES string of the molecule is CC1CC(C)N(C(=O)C2(N)C3CCCOC3C2(C)C)C1. The van der Waals surface area contributed by atoms with Crippen molar-refractivity contribution < 1.29 is 9.53 Å². The van der Waals surface area contributed by atoms with Crippen LogP contribution >= 0.6 is 0 Å². The highest BCUT2D eigenvalue weighted by atomic mass is 16.5. The molecule has 2 heterocycles. The Hall–Kier alpha value is -0.610. The van der Waals surface area contributed by atoms with E-state index in [2.05, 4.69) is 27.7 Å². The number of hydrogen-bond acceptors (Lipinski definition) is 3. The molecule has 0 aromatic heterocycles. The molecular weight excluding hydrogens is 252 g/mol.